The third-order valence-corrected chi connectivity index (χ3v) is 4.82. The van der Waals surface area contributed by atoms with E-state index in [0.29, 0.717) is 11.8 Å². The van der Waals surface area contributed by atoms with Gasteiger partial charge < -0.3 is 9.47 Å². The molecule has 1 fully saturated rings. The van der Waals surface area contributed by atoms with Gasteiger partial charge in [-0.25, -0.2) is 4.98 Å². The second kappa shape index (κ2) is 4.39. The zero-order chi connectivity index (χ0) is 12.0. The van der Waals surface area contributed by atoms with Gasteiger partial charge in [-0.05, 0) is 54.7 Å². The van der Waals surface area contributed by atoms with Crippen LogP contribution in [0.25, 0.3) is 0 Å². The summed E-state index contributed by atoms with van der Waals surface area (Å²) in [5.74, 6) is 2.61. The van der Waals surface area contributed by atoms with Gasteiger partial charge in [0.05, 0.1) is 5.69 Å². The first kappa shape index (κ1) is 11.7. The van der Waals surface area contributed by atoms with E-state index in [-0.39, 0.29) is 0 Å². The molecule has 94 valence electrons. The Morgan fingerprint density at radius 3 is 2.82 bits per heavy atom. The maximum Gasteiger partial charge on any atom is 0.127 e. The Morgan fingerprint density at radius 1 is 1.29 bits per heavy atom. The highest BCUT2D eigenvalue weighted by molar-refractivity contribution is 9.10. The van der Waals surface area contributed by atoms with Crippen LogP contribution in [-0.2, 0) is 6.54 Å². The van der Waals surface area contributed by atoms with Gasteiger partial charge in [-0.2, -0.15) is 0 Å². The normalized spacial score (nSPS) is 29.6. The van der Waals surface area contributed by atoms with Gasteiger partial charge in [0.25, 0.3) is 0 Å². The smallest absolute Gasteiger partial charge is 0.127 e. The maximum absolute atomic E-state index is 4.81. The molecule has 0 spiro atoms. The Kier molecular flexibility index (Phi) is 3.03. The number of hydrogen-bond donors (Lipinski definition) is 0. The molecule has 1 saturated heterocycles. The average Bonchev–Trinajstić information content (AvgIpc) is 2.84. The van der Waals surface area contributed by atoms with E-state index in [4.69, 9.17) is 4.98 Å². The number of rotatable bonds is 1. The van der Waals surface area contributed by atoms with Crippen molar-refractivity contribution in [1.29, 1.82) is 0 Å². The number of fused-ring (bicyclic) bond motifs is 1. The molecule has 2 aliphatic heterocycles. The molecule has 1 aromatic rings. The monoisotopic (exact) mass is 297 g/mol. The van der Waals surface area contributed by atoms with E-state index >= 15 is 0 Å². The van der Waals surface area contributed by atoms with Gasteiger partial charge in [-0.1, -0.05) is 6.92 Å². The summed E-state index contributed by atoms with van der Waals surface area (Å²) >= 11 is 3.66. The molecule has 0 aromatic carbocycles. The molecular weight excluding hydrogens is 278 g/mol. The van der Waals surface area contributed by atoms with Crippen molar-refractivity contribution in [2.24, 2.45) is 0 Å². The molecule has 0 aliphatic carbocycles. The third kappa shape index (κ3) is 1.95. The van der Waals surface area contributed by atoms with Crippen molar-refractivity contribution in [2.45, 2.75) is 44.6 Å². The van der Waals surface area contributed by atoms with E-state index in [0.717, 1.165) is 17.7 Å². The third-order valence-electron chi connectivity index (χ3n) is 4.23. The van der Waals surface area contributed by atoms with Gasteiger partial charge in [0.2, 0.25) is 0 Å². The molecule has 17 heavy (non-hydrogen) atoms. The van der Waals surface area contributed by atoms with Crippen molar-refractivity contribution in [3.05, 3.63) is 16.1 Å². The summed E-state index contributed by atoms with van der Waals surface area (Å²) in [6.07, 6.45) is 3.86. The summed E-state index contributed by atoms with van der Waals surface area (Å²) in [6.45, 7) is 5.85. The highest BCUT2D eigenvalue weighted by Crippen LogP contribution is 2.37. The van der Waals surface area contributed by atoms with Crippen LogP contribution in [0.5, 0.6) is 0 Å². The number of likely N-dealkylation sites (N-methyl/N-ethyl adjacent to an activating group) is 1. The Balaban J connectivity index is 1.98. The zero-order valence-corrected chi connectivity index (χ0v) is 12.2. The van der Waals surface area contributed by atoms with Crippen LogP contribution < -0.4 is 0 Å². The number of nitrogens with zero attached hydrogens (tertiary/aromatic N) is 3. The lowest BCUT2D eigenvalue weighted by atomic mass is 9.98. The van der Waals surface area contributed by atoms with Gasteiger partial charge in [0.15, 0.2) is 0 Å². The number of halogens is 1. The lowest BCUT2D eigenvalue weighted by Gasteiger charge is -2.24. The van der Waals surface area contributed by atoms with E-state index < -0.39 is 0 Å². The predicted molar refractivity (Wildman–Crippen MR) is 72.4 cm³/mol. The predicted octanol–water partition coefficient (Wildman–Crippen LogP) is 2.96. The molecule has 0 bridgehead atoms. The van der Waals surface area contributed by atoms with Crippen LogP contribution in [0, 0.1) is 0 Å². The molecule has 3 heterocycles. The van der Waals surface area contributed by atoms with E-state index in [1.165, 1.54) is 37.3 Å². The van der Waals surface area contributed by atoms with E-state index in [1.807, 2.05) is 0 Å². The van der Waals surface area contributed by atoms with Gasteiger partial charge in [-0.3, -0.25) is 0 Å². The van der Waals surface area contributed by atoms with Crippen molar-refractivity contribution in [1.82, 2.24) is 14.5 Å². The molecule has 4 heteroatoms. The number of hydrogen-bond acceptors (Lipinski definition) is 2. The lowest BCUT2D eigenvalue weighted by Crippen LogP contribution is -2.19. The zero-order valence-electron chi connectivity index (χ0n) is 10.6. The molecule has 3 nitrogen and oxygen atoms in total. The topological polar surface area (TPSA) is 21.1 Å². The fourth-order valence-electron chi connectivity index (χ4n) is 3.31. The minimum atomic E-state index is 0.635. The summed E-state index contributed by atoms with van der Waals surface area (Å²) < 4.78 is 3.58. The van der Waals surface area contributed by atoms with Crippen LogP contribution in [0.3, 0.4) is 0 Å². The average molecular weight is 298 g/mol. The van der Waals surface area contributed by atoms with Crippen LogP contribution in [0.2, 0.25) is 0 Å². The second-order valence-corrected chi connectivity index (χ2v) is 6.34. The van der Waals surface area contributed by atoms with Gasteiger partial charge in [0, 0.05) is 19.0 Å². The van der Waals surface area contributed by atoms with Crippen LogP contribution in [0.15, 0.2) is 4.60 Å². The molecule has 0 saturated carbocycles. The molecule has 0 amide bonds. The van der Waals surface area contributed by atoms with Crippen LogP contribution in [0.4, 0.5) is 0 Å². The van der Waals surface area contributed by atoms with E-state index in [1.54, 1.807) is 0 Å². The lowest BCUT2D eigenvalue weighted by molar-refractivity contribution is 0.402. The Hall–Kier alpha value is -0.350. The van der Waals surface area contributed by atoms with Gasteiger partial charge in [-0.15, -0.1) is 0 Å². The van der Waals surface area contributed by atoms with Gasteiger partial charge >= 0.3 is 0 Å². The first-order chi connectivity index (χ1) is 8.16. The molecule has 2 unspecified atom stereocenters. The highest BCUT2D eigenvalue weighted by atomic mass is 79.9. The fraction of sp³-hybridized carbons (Fsp3) is 0.769. The van der Waals surface area contributed by atoms with Crippen molar-refractivity contribution in [2.75, 3.05) is 20.1 Å². The van der Waals surface area contributed by atoms with Crippen molar-refractivity contribution < 1.29 is 0 Å². The van der Waals surface area contributed by atoms with E-state index in [2.05, 4.69) is 39.4 Å². The summed E-state index contributed by atoms with van der Waals surface area (Å²) in [4.78, 5) is 7.22. The van der Waals surface area contributed by atoms with Crippen LogP contribution >= 0.6 is 15.9 Å². The maximum atomic E-state index is 4.81. The molecular formula is C13H20BrN3. The molecule has 1 aromatic heterocycles. The molecule has 0 N–H and O–H groups in total. The Bertz CT molecular complexity index is 427. The van der Waals surface area contributed by atoms with Crippen molar-refractivity contribution in [3.63, 3.8) is 0 Å². The Morgan fingerprint density at radius 2 is 2.12 bits per heavy atom. The summed E-state index contributed by atoms with van der Waals surface area (Å²) in [5.41, 5.74) is 1.43. The SMILES string of the molecule is CC1CCCn2c(C3CCN(C)C3)nc(Br)c21. The van der Waals surface area contributed by atoms with Crippen LogP contribution in [0.1, 0.15) is 49.5 Å². The summed E-state index contributed by atoms with van der Waals surface area (Å²) in [6, 6.07) is 0. The van der Waals surface area contributed by atoms with E-state index in [9.17, 15) is 0 Å². The summed E-state index contributed by atoms with van der Waals surface area (Å²) in [5, 5.41) is 0. The standard InChI is InChI=1S/C13H20BrN3/c1-9-4-3-6-17-11(9)12(14)15-13(17)10-5-7-16(2)8-10/h9-10H,3-8H2,1-2H3. The molecule has 3 rings (SSSR count). The minimum Gasteiger partial charge on any atom is -0.330 e. The first-order valence-corrected chi connectivity index (χ1v) is 7.40. The number of imidazole rings is 1. The largest absolute Gasteiger partial charge is 0.330 e. The highest BCUT2D eigenvalue weighted by Gasteiger charge is 2.30. The Labute approximate surface area is 111 Å². The molecule has 0 radical (unpaired) electrons. The van der Waals surface area contributed by atoms with Crippen LogP contribution in [-0.4, -0.2) is 34.6 Å². The molecule has 2 aliphatic rings. The summed E-state index contributed by atoms with van der Waals surface area (Å²) in [7, 11) is 2.21. The minimum absolute atomic E-state index is 0.635. The van der Waals surface area contributed by atoms with Crippen molar-refractivity contribution in [3.8, 4) is 0 Å². The quantitative estimate of drug-likeness (QED) is 0.795. The first-order valence-electron chi connectivity index (χ1n) is 6.61. The molecule has 2 atom stereocenters. The second-order valence-electron chi connectivity index (χ2n) is 5.59. The number of likely N-dealkylation sites (tertiary alicyclic amines) is 1. The van der Waals surface area contributed by atoms with Crippen molar-refractivity contribution >= 4 is 15.9 Å². The number of aromatic nitrogens is 2. The van der Waals surface area contributed by atoms with Gasteiger partial charge in [0.1, 0.15) is 10.4 Å². The fourth-order valence-corrected chi connectivity index (χ4v) is 4.09.